The number of benzene rings is 1. The molecule has 0 aliphatic carbocycles. The summed E-state index contributed by atoms with van der Waals surface area (Å²) in [5.41, 5.74) is 0.301. The number of nitrogens with zero attached hydrogens (tertiary/aromatic N) is 1. The molecule has 3 nitrogen and oxygen atoms in total. The summed E-state index contributed by atoms with van der Waals surface area (Å²) in [6.07, 6.45) is 5.16. The number of rotatable bonds is 5. The number of carbonyl (C=O) groups is 1. The van der Waals surface area contributed by atoms with Crippen LogP contribution in [0.5, 0.6) is 0 Å². The lowest BCUT2D eigenvalue weighted by molar-refractivity contribution is -0.138. The highest BCUT2D eigenvalue weighted by Gasteiger charge is 2.21. The fourth-order valence-corrected chi connectivity index (χ4v) is 1.80. The number of carboxylic acids is 1. The summed E-state index contributed by atoms with van der Waals surface area (Å²) in [5, 5.41) is 8.80. The van der Waals surface area contributed by atoms with Gasteiger partial charge in [-0.15, -0.1) is 6.42 Å². The van der Waals surface area contributed by atoms with Crippen molar-refractivity contribution in [2.75, 3.05) is 13.1 Å². The van der Waals surface area contributed by atoms with E-state index in [1.165, 1.54) is 11.8 Å². The predicted octanol–water partition coefficient (Wildman–Crippen LogP) is 2.35. The summed E-state index contributed by atoms with van der Waals surface area (Å²) in [4.78, 5) is 12.1. The van der Waals surface area contributed by atoms with Crippen molar-refractivity contribution >= 4 is 5.97 Å². The summed E-state index contributed by atoms with van der Waals surface area (Å²) in [5.74, 6) is 0.143. The van der Waals surface area contributed by atoms with Gasteiger partial charge in [-0.05, 0) is 31.5 Å². The molecular weight excluding hydrogens is 252 g/mol. The molecule has 1 atom stereocenters. The fourth-order valence-electron chi connectivity index (χ4n) is 1.80. The molecule has 1 unspecified atom stereocenters. The zero-order valence-corrected chi connectivity index (χ0v) is 10.8. The van der Waals surface area contributed by atoms with E-state index in [1.54, 1.807) is 6.92 Å². The van der Waals surface area contributed by atoms with Crippen LogP contribution >= 0.6 is 0 Å². The zero-order valence-electron chi connectivity index (χ0n) is 10.8. The van der Waals surface area contributed by atoms with Gasteiger partial charge in [-0.25, -0.2) is 8.78 Å². The average Bonchev–Trinajstić information content (AvgIpc) is 2.32. The molecule has 0 bridgehead atoms. The van der Waals surface area contributed by atoms with Crippen LogP contribution in [0, 0.1) is 30.9 Å². The number of carboxylic acid groups (broad SMARTS) is 1. The van der Waals surface area contributed by atoms with E-state index < -0.39 is 23.6 Å². The molecule has 0 heterocycles. The molecule has 5 heteroatoms. The van der Waals surface area contributed by atoms with Gasteiger partial charge in [0.1, 0.15) is 11.6 Å². The molecule has 0 amide bonds. The van der Waals surface area contributed by atoms with Gasteiger partial charge in [-0.2, -0.15) is 0 Å². The van der Waals surface area contributed by atoms with Gasteiger partial charge < -0.3 is 5.11 Å². The lowest BCUT2D eigenvalue weighted by Gasteiger charge is -2.26. The smallest absolute Gasteiger partial charge is 0.317 e. The number of aryl methyl sites for hydroxylation is 1. The van der Waals surface area contributed by atoms with Crippen LogP contribution in [0.1, 0.15) is 24.1 Å². The Labute approximate surface area is 110 Å². The topological polar surface area (TPSA) is 40.5 Å². The molecule has 1 rings (SSSR count). The molecule has 0 aliphatic heterocycles. The van der Waals surface area contributed by atoms with Crippen LogP contribution in [0.25, 0.3) is 0 Å². The summed E-state index contributed by atoms with van der Waals surface area (Å²) in [6, 6.07) is 1.55. The van der Waals surface area contributed by atoms with Crippen LogP contribution in [0.4, 0.5) is 8.78 Å². The van der Waals surface area contributed by atoms with Crippen LogP contribution in [-0.4, -0.2) is 29.1 Å². The maximum atomic E-state index is 13.8. The van der Waals surface area contributed by atoms with Gasteiger partial charge in [0.05, 0.1) is 13.1 Å². The number of hydrogen-bond acceptors (Lipinski definition) is 2. The Kier molecular flexibility index (Phi) is 5.02. The second-order valence-electron chi connectivity index (χ2n) is 4.30. The summed E-state index contributed by atoms with van der Waals surface area (Å²) >= 11 is 0. The van der Waals surface area contributed by atoms with Crippen molar-refractivity contribution in [3.63, 3.8) is 0 Å². The summed E-state index contributed by atoms with van der Waals surface area (Å²) < 4.78 is 27.3. The minimum Gasteiger partial charge on any atom is -0.480 e. The van der Waals surface area contributed by atoms with Crippen LogP contribution in [0.15, 0.2) is 12.1 Å². The largest absolute Gasteiger partial charge is 0.480 e. The normalized spacial score (nSPS) is 12.2. The fraction of sp³-hybridized carbons (Fsp3) is 0.357. The van der Waals surface area contributed by atoms with E-state index in [2.05, 4.69) is 5.92 Å². The van der Waals surface area contributed by atoms with Crippen LogP contribution in [-0.2, 0) is 4.79 Å². The van der Waals surface area contributed by atoms with Gasteiger partial charge in [0.25, 0.3) is 0 Å². The monoisotopic (exact) mass is 267 g/mol. The molecule has 1 N–H and O–H groups in total. The Morgan fingerprint density at radius 2 is 2.11 bits per heavy atom. The molecule has 1 aromatic carbocycles. The van der Waals surface area contributed by atoms with E-state index in [9.17, 15) is 13.6 Å². The van der Waals surface area contributed by atoms with E-state index in [4.69, 9.17) is 11.5 Å². The molecule has 0 saturated heterocycles. The van der Waals surface area contributed by atoms with Gasteiger partial charge in [0.15, 0.2) is 0 Å². The molecule has 1 aromatic rings. The van der Waals surface area contributed by atoms with E-state index in [-0.39, 0.29) is 24.2 Å². The molecular formula is C14H15F2NO2. The SMILES string of the molecule is C#CCN(CC(=O)O)C(C)c1cc(F)c(C)cc1F. The molecule has 19 heavy (non-hydrogen) atoms. The van der Waals surface area contributed by atoms with Crippen molar-refractivity contribution in [1.82, 2.24) is 4.90 Å². The highest BCUT2D eigenvalue weighted by molar-refractivity contribution is 5.69. The minimum absolute atomic E-state index is 0.0440. The summed E-state index contributed by atoms with van der Waals surface area (Å²) in [6.45, 7) is 2.76. The Bertz CT molecular complexity index is 523. The van der Waals surface area contributed by atoms with Crippen molar-refractivity contribution in [2.45, 2.75) is 19.9 Å². The maximum absolute atomic E-state index is 13.8. The number of halogens is 2. The number of terminal acetylenes is 1. The molecule has 0 aliphatic rings. The van der Waals surface area contributed by atoms with Gasteiger partial charge in [-0.3, -0.25) is 9.69 Å². The quantitative estimate of drug-likeness (QED) is 0.832. The van der Waals surface area contributed by atoms with Gasteiger partial charge in [-0.1, -0.05) is 5.92 Å². The van der Waals surface area contributed by atoms with E-state index in [0.29, 0.717) is 0 Å². The van der Waals surface area contributed by atoms with Gasteiger partial charge in [0.2, 0.25) is 0 Å². The Morgan fingerprint density at radius 1 is 1.47 bits per heavy atom. The average molecular weight is 267 g/mol. The molecule has 102 valence electrons. The molecule has 0 spiro atoms. The first-order valence-electron chi connectivity index (χ1n) is 5.71. The lowest BCUT2D eigenvalue weighted by Crippen LogP contribution is -2.33. The third-order valence-electron chi connectivity index (χ3n) is 2.91. The first-order valence-corrected chi connectivity index (χ1v) is 5.71. The third-order valence-corrected chi connectivity index (χ3v) is 2.91. The molecule has 0 saturated carbocycles. The van der Waals surface area contributed by atoms with Crippen molar-refractivity contribution < 1.29 is 18.7 Å². The van der Waals surface area contributed by atoms with E-state index >= 15 is 0 Å². The van der Waals surface area contributed by atoms with Crippen LogP contribution < -0.4 is 0 Å². The van der Waals surface area contributed by atoms with Crippen molar-refractivity contribution in [1.29, 1.82) is 0 Å². The zero-order chi connectivity index (χ0) is 14.6. The van der Waals surface area contributed by atoms with Crippen molar-refractivity contribution in [3.05, 3.63) is 34.9 Å². The lowest BCUT2D eigenvalue weighted by atomic mass is 10.0. The second kappa shape index (κ2) is 6.30. The van der Waals surface area contributed by atoms with Crippen molar-refractivity contribution in [3.8, 4) is 12.3 Å². The van der Waals surface area contributed by atoms with E-state index in [1.807, 2.05) is 0 Å². The highest BCUT2D eigenvalue weighted by atomic mass is 19.1. The standard InChI is InChI=1S/C14H15F2NO2/c1-4-5-17(8-14(18)19)10(3)11-7-12(15)9(2)6-13(11)16/h1,6-7,10H,5,8H2,2-3H3,(H,18,19). The molecule has 0 fully saturated rings. The second-order valence-corrected chi connectivity index (χ2v) is 4.30. The first kappa shape index (κ1) is 15.1. The van der Waals surface area contributed by atoms with Crippen LogP contribution in [0.2, 0.25) is 0 Å². The Hall–Kier alpha value is -1.93. The number of hydrogen-bond donors (Lipinski definition) is 1. The number of aliphatic carboxylic acids is 1. The van der Waals surface area contributed by atoms with E-state index in [0.717, 1.165) is 12.1 Å². The van der Waals surface area contributed by atoms with Crippen LogP contribution in [0.3, 0.4) is 0 Å². The Balaban J connectivity index is 3.09. The van der Waals surface area contributed by atoms with Crippen molar-refractivity contribution in [2.24, 2.45) is 0 Å². The van der Waals surface area contributed by atoms with Gasteiger partial charge in [0, 0.05) is 11.6 Å². The molecule has 0 aromatic heterocycles. The maximum Gasteiger partial charge on any atom is 0.317 e. The van der Waals surface area contributed by atoms with Gasteiger partial charge >= 0.3 is 5.97 Å². The molecule has 0 radical (unpaired) electrons. The first-order chi connectivity index (χ1) is 8.86. The third kappa shape index (κ3) is 3.76. The Morgan fingerprint density at radius 3 is 2.63 bits per heavy atom. The predicted molar refractivity (Wildman–Crippen MR) is 67.6 cm³/mol. The summed E-state index contributed by atoms with van der Waals surface area (Å²) in [7, 11) is 0. The minimum atomic E-state index is -1.07. The highest BCUT2D eigenvalue weighted by Crippen LogP contribution is 2.25.